The van der Waals surface area contributed by atoms with Crippen LogP contribution in [0.1, 0.15) is 5.69 Å². The van der Waals surface area contributed by atoms with Gasteiger partial charge in [-0.3, -0.25) is 0 Å². The van der Waals surface area contributed by atoms with Crippen LogP contribution in [0.3, 0.4) is 0 Å². The van der Waals surface area contributed by atoms with E-state index >= 15 is 0 Å². The molecule has 0 radical (unpaired) electrons. The lowest BCUT2D eigenvalue weighted by Gasteiger charge is -2.03. The van der Waals surface area contributed by atoms with Crippen molar-refractivity contribution in [3.63, 3.8) is 0 Å². The van der Waals surface area contributed by atoms with Crippen molar-refractivity contribution in [1.82, 2.24) is 9.55 Å². The highest BCUT2D eigenvalue weighted by atomic mass is 35.5. The van der Waals surface area contributed by atoms with Crippen LogP contribution in [0.25, 0.3) is 0 Å². The molecule has 6 heteroatoms. The highest BCUT2D eigenvalue weighted by Gasteiger charge is 2.06. The van der Waals surface area contributed by atoms with Gasteiger partial charge in [0.05, 0.1) is 24.4 Å². The maximum absolute atomic E-state index is 11.8. The van der Waals surface area contributed by atoms with Crippen molar-refractivity contribution in [2.24, 2.45) is 0 Å². The molecule has 0 saturated heterocycles. The Morgan fingerprint density at radius 3 is 2.75 bits per heavy atom. The molecule has 0 spiro atoms. The van der Waals surface area contributed by atoms with Crippen LogP contribution in [0.5, 0.6) is 0 Å². The zero-order valence-corrected chi connectivity index (χ0v) is 7.66. The zero-order valence-electron chi connectivity index (χ0n) is 6.08. The smallest absolute Gasteiger partial charge is 0.256 e. The number of alkyl halides is 3. The molecule has 1 rings (SSSR count). The van der Waals surface area contributed by atoms with Crippen LogP contribution < -0.4 is 0 Å². The van der Waals surface area contributed by atoms with Gasteiger partial charge in [0.2, 0.25) is 0 Å². The van der Waals surface area contributed by atoms with Gasteiger partial charge in [-0.25, -0.2) is 13.8 Å². The molecule has 0 saturated carbocycles. The first-order valence-corrected chi connectivity index (χ1v) is 3.60. The van der Waals surface area contributed by atoms with Gasteiger partial charge in [0.1, 0.15) is 0 Å². The second kappa shape index (κ2) is 5.32. The molecule has 1 aromatic rings. The van der Waals surface area contributed by atoms with E-state index in [9.17, 15) is 8.78 Å². The highest BCUT2D eigenvalue weighted by Crippen LogP contribution is 2.06. The molecule has 1 heterocycles. The molecule has 0 aliphatic heterocycles. The summed E-state index contributed by atoms with van der Waals surface area (Å²) in [6.07, 6.45) is 0.477. The Hall–Kier alpha value is -0.350. The molecule has 1 aromatic heterocycles. The summed E-state index contributed by atoms with van der Waals surface area (Å²) in [5.74, 6) is 0.215. The third-order valence-electron chi connectivity index (χ3n) is 1.27. The standard InChI is InChI=1S/C6H7ClF2N2.ClH/c7-1-5-2-10-4-11(5)3-6(8)9;/h2,4,6H,1,3H2;1H. The van der Waals surface area contributed by atoms with Crippen molar-refractivity contribution in [2.75, 3.05) is 0 Å². The van der Waals surface area contributed by atoms with E-state index in [1.165, 1.54) is 17.1 Å². The fraction of sp³-hybridized carbons (Fsp3) is 0.500. The Kier molecular flexibility index (Phi) is 5.17. The monoisotopic (exact) mass is 216 g/mol. The summed E-state index contributed by atoms with van der Waals surface area (Å²) in [5.41, 5.74) is 0.618. The molecular weight excluding hydrogens is 209 g/mol. The molecule has 12 heavy (non-hydrogen) atoms. The molecule has 0 N–H and O–H groups in total. The quantitative estimate of drug-likeness (QED) is 0.710. The van der Waals surface area contributed by atoms with Crippen LogP contribution in [0, 0.1) is 0 Å². The average Bonchev–Trinajstić information content (AvgIpc) is 2.34. The minimum Gasteiger partial charge on any atom is -0.328 e. The van der Waals surface area contributed by atoms with Crippen LogP contribution in [0.2, 0.25) is 0 Å². The first-order chi connectivity index (χ1) is 5.24. The molecule has 0 aliphatic carbocycles. The molecule has 2 nitrogen and oxygen atoms in total. The van der Waals surface area contributed by atoms with Gasteiger partial charge in [0.15, 0.2) is 0 Å². The summed E-state index contributed by atoms with van der Waals surface area (Å²) in [6, 6.07) is 0. The topological polar surface area (TPSA) is 17.8 Å². The normalized spacial score (nSPS) is 10.0. The summed E-state index contributed by atoms with van der Waals surface area (Å²) in [6.45, 7) is -0.331. The van der Waals surface area contributed by atoms with Gasteiger partial charge in [-0.05, 0) is 0 Å². The lowest BCUT2D eigenvalue weighted by atomic mass is 10.5. The molecular formula is C6H8Cl2F2N2. The van der Waals surface area contributed by atoms with Gasteiger partial charge in [-0.15, -0.1) is 24.0 Å². The van der Waals surface area contributed by atoms with Crippen molar-refractivity contribution in [1.29, 1.82) is 0 Å². The third-order valence-corrected chi connectivity index (χ3v) is 1.54. The minimum absolute atomic E-state index is 0. The Morgan fingerprint density at radius 2 is 2.25 bits per heavy atom. The fourth-order valence-electron chi connectivity index (χ4n) is 0.773. The second-order valence-electron chi connectivity index (χ2n) is 2.06. The molecule has 70 valence electrons. The molecule has 0 aliphatic rings. The maximum atomic E-state index is 11.8. The average molecular weight is 217 g/mol. The molecule has 0 bridgehead atoms. The summed E-state index contributed by atoms with van der Waals surface area (Å²) in [7, 11) is 0. The van der Waals surface area contributed by atoms with E-state index in [-0.39, 0.29) is 24.8 Å². The van der Waals surface area contributed by atoms with Crippen LogP contribution in [0.4, 0.5) is 8.78 Å². The lowest BCUT2D eigenvalue weighted by Crippen LogP contribution is -2.07. The SMILES string of the molecule is Cl.FC(F)Cn1cncc1CCl. The number of imidazole rings is 1. The van der Waals surface area contributed by atoms with Crippen molar-refractivity contribution in [3.05, 3.63) is 18.2 Å². The fourth-order valence-corrected chi connectivity index (χ4v) is 0.995. The van der Waals surface area contributed by atoms with Crippen molar-refractivity contribution in [3.8, 4) is 0 Å². The Labute approximate surface area is 80.0 Å². The molecule has 0 fully saturated rings. The Balaban J connectivity index is 0.00000121. The zero-order chi connectivity index (χ0) is 8.27. The number of nitrogens with zero attached hydrogens (tertiary/aromatic N) is 2. The molecule has 0 atom stereocenters. The Bertz CT molecular complexity index is 227. The largest absolute Gasteiger partial charge is 0.328 e. The van der Waals surface area contributed by atoms with E-state index in [2.05, 4.69) is 4.98 Å². The first-order valence-electron chi connectivity index (χ1n) is 3.07. The van der Waals surface area contributed by atoms with Crippen LogP contribution in [-0.2, 0) is 12.4 Å². The molecule has 0 unspecified atom stereocenters. The number of halogens is 4. The lowest BCUT2D eigenvalue weighted by molar-refractivity contribution is 0.125. The van der Waals surface area contributed by atoms with E-state index in [0.717, 1.165) is 0 Å². The van der Waals surface area contributed by atoms with Crippen molar-refractivity contribution in [2.45, 2.75) is 18.9 Å². The van der Waals surface area contributed by atoms with Gasteiger partial charge < -0.3 is 4.57 Å². The van der Waals surface area contributed by atoms with Gasteiger partial charge >= 0.3 is 0 Å². The van der Waals surface area contributed by atoms with E-state index in [0.29, 0.717) is 5.69 Å². The third kappa shape index (κ3) is 2.95. The molecule has 0 amide bonds. The summed E-state index contributed by atoms with van der Waals surface area (Å²) < 4.78 is 25.0. The van der Waals surface area contributed by atoms with E-state index < -0.39 is 6.43 Å². The predicted molar refractivity (Wildman–Crippen MR) is 45.0 cm³/mol. The van der Waals surface area contributed by atoms with Gasteiger partial charge in [0, 0.05) is 6.20 Å². The number of hydrogen-bond donors (Lipinski definition) is 0. The van der Waals surface area contributed by atoms with Crippen LogP contribution in [0.15, 0.2) is 12.5 Å². The summed E-state index contributed by atoms with van der Waals surface area (Å²) >= 11 is 5.45. The van der Waals surface area contributed by atoms with Crippen LogP contribution in [-0.4, -0.2) is 16.0 Å². The summed E-state index contributed by atoms with van der Waals surface area (Å²) in [5, 5.41) is 0. The number of hydrogen-bond acceptors (Lipinski definition) is 1. The summed E-state index contributed by atoms with van der Waals surface area (Å²) in [4.78, 5) is 3.69. The van der Waals surface area contributed by atoms with E-state index in [1.807, 2.05) is 0 Å². The van der Waals surface area contributed by atoms with Gasteiger partial charge in [-0.2, -0.15) is 0 Å². The van der Waals surface area contributed by atoms with Crippen molar-refractivity contribution < 1.29 is 8.78 Å². The second-order valence-corrected chi connectivity index (χ2v) is 2.33. The first kappa shape index (κ1) is 11.6. The number of rotatable bonds is 3. The Morgan fingerprint density at radius 1 is 1.58 bits per heavy atom. The van der Waals surface area contributed by atoms with Crippen LogP contribution >= 0.6 is 24.0 Å². The van der Waals surface area contributed by atoms with Crippen molar-refractivity contribution >= 4 is 24.0 Å². The highest BCUT2D eigenvalue weighted by molar-refractivity contribution is 6.16. The number of aromatic nitrogens is 2. The van der Waals surface area contributed by atoms with E-state index in [4.69, 9.17) is 11.6 Å². The predicted octanol–water partition coefficient (Wildman–Crippen LogP) is 2.31. The van der Waals surface area contributed by atoms with Gasteiger partial charge in [0.25, 0.3) is 6.43 Å². The van der Waals surface area contributed by atoms with E-state index in [1.54, 1.807) is 0 Å². The minimum atomic E-state index is -2.36. The molecule has 0 aromatic carbocycles. The maximum Gasteiger partial charge on any atom is 0.256 e. The van der Waals surface area contributed by atoms with Gasteiger partial charge in [-0.1, -0.05) is 0 Å².